The number of nitrogens with two attached hydrogens (primary N) is 1. The molecule has 0 aliphatic carbocycles. The molecule has 0 aromatic carbocycles. The predicted molar refractivity (Wildman–Crippen MR) is 46.9 cm³/mol. The lowest BCUT2D eigenvalue weighted by Crippen LogP contribution is -2.48. The van der Waals surface area contributed by atoms with Crippen LogP contribution in [0.15, 0.2) is 0 Å². The zero-order chi connectivity index (χ0) is 6.62. The highest BCUT2D eigenvalue weighted by molar-refractivity contribution is 14.1. The highest BCUT2D eigenvalue weighted by Gasteiger charge is 2.14. The summed E-state index contributed by atoms with van der Waals surface area (Å²) in [6.45, 7) is 4.00. The monoisotopic (exact) mass is 222 g/mol. The van der Waals surface area contributed by atoms with E-state index in [4.69, 9.17) is 5.64 Å². The summed E-state index contributed by atoms with van der Waals surface area (Å²) in [7, 11) is 1.63. The van der Waals surface area contributed by atoms with Crippen molar-refractivity contribution in [3.8, 4) is 0 Å². The Hall–Kier alpha value is 0.780. The quantitative estimate of drug-likeness (QED) is 0.514. The van der Waals surface area contributed by atoms with Gasteiger partial charge in [-0.3, -0.25) is 0 Å². The molecule has 0 spiro atoms. The van der Waals surface area contributed by atoms with E-state index in [1.807, 2.05) is 19.1 Å². The van der Waals surface area contributed by atoms with E-state index in [0.29, 0.717) is 0 Å². The second kappa shape index (κ2) is 3.74. The summed E-state index contributed by atoms with van der Waals surface area (Å²) in [5, 5.41) is 4.90. The minimum absolute atomic E-state index is 0.0683. The summed E-state index contributed by atoms with van der Waals surface area (Å²) >= 11 is 2.12. The van der Waals surface area contributed by atoms with E-state index in [1.54, 1.807) is 7.41 Å². The molecule has 2 nitrogen and oxygen atoms in total. The summed E-state index contributed by atoms with van der Waals surface area (Å²) in [4.78, 5) is 0. The van der Waals surface area contributed by atoms with Gasteiger partial charge in [-0.25, -0.2) is 0 Å². The van der Waals surface area contributed by atoms with Crippen molar-refractivity contribution in [2.45, 2.75) is 19.3 Å². The lowest BCUT2D eigenvalue weighted by atomic mass is 9.71. The smallest absolute Gasteiger partial charge is 0.292 e. The standard InChI is InChI=1S/C3H9B2IN2/c1-3(2,4-7)8-5-6/h8H,7H2,1-2H3. The first-order valence-corrected chi connectivity index (χ1v) is 3.62. The topological polar surface area (TPSA) is 38.0 Å². The van der Waals surface area contributed by atoms with E-state index in [-0.39, 0.29) is 5.44 Å². The maximum atomic E-state index is 5.28. The van der Waals surface area contributed by atoms with Crippen molar-refractivity contribution in [1.82, 2.24) is 5.23 Å². The molecular weight excluding hydrogens is 213 g/mol. The molecule has 0 fully saturated rings. The lowest BCUT2D eigenvalue weighted by molar-refractivity contribution is 0.662. The van der Waals surface area contributed by atoms with Crippen LogP contribution in [0, 0.1) is 0 Å². The molecule has 0 atom stereocenters. The van der Waals surface area contributed by atoms with Crippen LogP contribution in [-0.4, -0.2) is 18.1 Å². The average Bonchev–Trinajstić information content (AvgIpc) is 1.67. The van der Waals surface area contributed by atoms with Crippen molar-refractivity contribution in [2.75, 3.05) is 0 Å². The van der Waals surface area contributed by atoms with Crippen LogP contribution < -0.4 is 10.9 Å². The third-order valence-electron chi connectivity index (χ3n) is 0.843. The molecule has 2 radical (unpaired) electrons. The average molecular weight is 222 g/mol. The Morgan fingerprint density at radius 2 is 2.12 bits per heavy atom. The van der Waals surface area contributed by atoms with Crippen LogP contribution in [0.5, 0.6) is 0 Å². The van der Waals surface area contributed by atoms with Crippen LogP contribution >= 0.6 is 22.4 Å². The molecule has 0 aliphatic heterocycles. The summed E-state index contributed by atoms with van der Waals surface area (Å²) in [6.07, 6.45) is 0. The van der Waals surface area contributed by atoms with Crippen molar-refractivity contribution in [3.63, 3.8) is 0 Å². The summed E-state index contributed by atoms with van der Waals surface area (Å²) in [5.41, 5.74) is 5.21. The van der Waals surface area contributed by atoms with Gasteiger partial charge >= 0.3 is 0 Å². The first kappa shape index (κ1) is 8.78. The Morgan fingerprint density at radius 1 is 1.62 bits per heavy atom. The Kier molecular flexibility index (Phi) is 4.10. The molecule has 0 amide bonds. The van der Waals surface area contributed by atoms with E-state index < -0.39 is 0 Å². The van der Waals surface area contributed by atoms with Crippen LogP contribution in [-0.2, 0) is 0 Å². The lowest BCUT2D eigenvalue weighted by Gasteiger charge is -2.20. The van der Waals surface area contributed by atoms with E-state index >= 15 is 0 Å². The van der Waals surface area contributed by atoms with Gasteiger partial charge in [0.25, 0.3) is 5.27 Å². The Morgan fingerprint density at radius 3 is 2.25 bits per heavy atom. The molecule has 0 bridgehead atoms. The van der Waals surface area contributed by atoms with E-state index in [1.165, 1.54) is 0 Å². The van der Waals surface area contributed by atoms with Gasteiger partial charge in [-0.05, 0) is 5.44 Å². The van der Waals surface area contributed by atoms with Gasteiger partial charge < -0.3 is 10.9 Å². The molecule has 0 aromatic rings. The third kappa shape index (κ3) is 3.74. The van der Waals surface area contributed by atoms with Crippen LogP contribution in [0.1, 0.15) is 13.8 Å². The number of halogens is 1. The second-order valence-electron chi connectivity index (χ2n) is 2.14. The maximum Gasteiger partial charge on any atom is 0.292 e. The SMILES string of the molecule is CC(C)([B]N)N[B]I. The Bertz CT molecular complexity index is 68.3. The number of rotatable bonds is 3. The van der Waals surface area contributed by atoms with E-state index in [9.17, 15) is 0 Å². The van der Waals surface area contributed by atoms with Crippen LogP contribution in [0.4, 0.5) is 0 Å². The molecule has 3 N–H and O–H groups in total. The second-order valence-corrected chi connectivity index (χ2v) is 2.76. The van der Waals surface area contributed by atoms with Crippen molar-refractivity contribution >= 4 is 35.1 Å². The van der Waals surface area contributed by atoms with Crippen LogP contribution in [0.2, 0.25) is 0 Å². The van der Waals surface area contributed by atoms with E-state index in [2.05, 4.69) is 27.6 Å². The van der Waals surface area contributed by atoms with Crippen molar-refractivity contribution < 1.29 is 0 Å². The first-order chi connectivity index (χ1) is 3.62. The van der Waals surface area contributed by atoms with Gasteiger partial charge in [0.15, 0.2) is 0 Å². The molecule has 0 rings (SSSR count). The maximum absolute atomic E-state index is 5.28. The van der Waals surface area contributed by atoms with Crippen LogP contribution in [0.25, 0.3) is 0 Å². The fourth-order valence-electron chi connectivity index (χ4n) is 0.189. The van der Waals surface area contributed by atoms with Gasteiger partial charge in [-0.1, -0.05) is 13.8 Å². The molecular formula is C3H9B2IN2. The van der Waals surface area contributed by atoms with E-state index in [0.717, 1.165) is 0 Å². The molecule has 44 valence electrons. The Balaban J connectivity index is 3.37. The predicted octanol–water partition coefficient (Wildman–Crippen LogP) is -0.141. The highest BCUT2D eigenvalue weighted by atomic mass is 127. The Labute approximate surface area is 65.4 Å². The first-order valence-electron chi connectivity index (χ1n) is 2.38. The summed E-state index contributed by atoms with van der Waals surface area (Å²) in [6, 6.07) is 0. The molecule has 0 saturated heterocycles. The normalized spacial score (nSPS) is 11.0. The van der Waals surface area contributed by atoms with Gasteiger partial charge in [0.1, 0.15) is 0 Å². The fraction of sp³-hybridized carbons (Fsp3) is 1.00. The minimum Gasteiger partial charge on any atom is -0.373 e. The summed E-state index contributed by atoms with van der Waals surface area (Å²) < 4.78 is 0. The zero-order valence-electron chi connectivity index (χ0n) is 5.11. The largest absolute Gasteiger partial charge is 0.373 e. The summed E-state index contributed by atoms with van der Waals surface area (Å²) in [5.74, 6) is 0. The minimum atomic E-state index is -0.0683. The van der Waals surface area contributed by atoms with Crippen LogP contribution in [0.3, 0.4) is 0 Å². The van der Waals surface area contributed by atoms with Gasteiger partial charge in [-0.2, -0.15) is 0 Å². The number of hydrogen-bond acceptors (Lipinski definition) is 2. The molecule has 5 heteroatoms. The van der Waals surface area contributed by atoms with Gasteiger partial charge in [-0.15, -0.1) is 22.4 Å². The van der Waals surface area contributed by atoms with Gasteiger partial charge in [0, 0.05) is 0 Å². The van der Waals surface area contributed by atoms with Crippen molar-refractivity contribution in [3.05, 3.63) is 0 Å². The third-order valence-corrected chi connectivity index (χ3v) is 1.15. The number of nitrogens with one attached hydrogen (secondary N) is 1. The molecule has 0 aromatic heterocycles. The van der Waals surface area contributed by atoms with Gasteiger partial charge in [0.05, 0.1) is 0 Å². The molecule has 0 heterocycles. The molecule has 0 unspecified atom stereocenters. The van der Waals surface area contributed by atoms with Gasteiger partial charge in [0.2, 0.25) is 7.41 Å². The zero-order valence-corrected chi connectivity index (χ0v) is 7.27. The highest BCUT2D eigenvalue weighted by Crippen LogP contribution is 1.94. The molecule has 8 heavy (non-hydrogen) atoms. The van der Waals surface area contributed by atoms with Crippen molar-refractivity contribution in [2.24, 2.45) is 5.64 Å². The number of hydrogen-bond donors (Lipinski definition) is 2. The van der Waals surface area contributed by atoms with Crippen molar-refractivity contribution in [1.29, 1.82) is 0 Å². The molecule has 0 aliphatic rings. The fourth-order valence-corrected chi connectivity index (χ4v) is 0.991. The molecule has 0 saturated carbocycles.